The zero-order chi connectivity index (χ0) is 19.6. The standard InChI is InChI=1S/C18H15FN2O5S/c1-26-18(23)11-6-10(7-13(8-11)21(24)25)17(22)20-15-4-5-27-16-3-2-12(19)9-14(15)16/h2-3,6-9,15H,4-5H2,1H3,(H,20,22)/t15-/m0/s1. The van der Waals surface area contributed by atoms with Crippen LogP contribution in [0.5, 0.6) is 0 Å². The number of nitrogens with one attached hydrogen (secondary N) is 1. The molecule has 3 rings (SSSR count). The molecule has 0 aromatic heterocycles. The number of amides is 1. The zero-order valence-electron chi connectivity index (χ0n) is 14.2. The fourth-order valence-electron chi connectivity index (χ4n) is 2.84. The maximum atomic E-state index is 13.6. The van der Waals surface area contributed by atoms with E-state index >= 15 is 0 Å². The number of nitro groups is 1. The first-order valence-corrected chi connectivity index (χ1v) is 8.98. The minimum absolute atomic E-state index is 0.0409. The van der Waals surface area contributed by atoms with Crippen LogP contribution in [0.25, 0.3) is 0 Å². The molecule has 0 aliphatic carbocycles. The second-order valence-corrected chi connectivity index (χ2v) is 7.00. The van der Waals surface area contributed by atoms with E-state index in [4.69, 9.17) is 0 Å². The Morgan fingerprint density at radius 3 is 2.70 bits per heavy atom. The van der Waals surface area contributed by atoms with Crippen LogP contribution in [0.3, 0.4) is 0 Å². The fraction of sp³-hybridized carbons (Fsp3) is 0.222. The van der Waals surface area contributed by atoms with Gasteiger partial charge in [-0.1, -0.05) is 0 Å². The molecular weight excluding hydrogens is 375 g/mol. The Morgan fingerprint density at radius 2 is 2.00 bits per heavy atom. The van der Waals surface area contributed by atoms with Crippen LogP contribution in [-0.4, -0.2) is 29.7 Å². The number of benzene rings is 2. The predicted octanol–water partition coefficient (Wildman–Crippen LogP) is 3.49. The van der Waals surface area contributed by atoms with Gasteiger partial charge in [-0.15, -0.1) is 11.8 Å². The fourth-order valence-corrected chi connectivity index (χ4v) is 3.95. The van der Waals surface area contributed by atoms with Crippen LogP contribution in [0.1, 0.15) is 38.7 Å². The van der Waals surface area contributed by atoms with Crippen LogP contribution >= 0.6 is 11.8 Å². The molecule has 2 aromatic rings. The third-order valence-corrected chi connectivity index (χ3v) is 5.25. The number of thioether (sulfide) groups is 1. The summed E-state index contributed by atoms with van der Waals surface area (Å²) in [5.74, 6) is -1.03. The molecule has 1 aliphatic rings. The molecule has 1 aliphatic heterocycles. The lowest BCUT2D eigenvalue weighted by Crippen LogP contribution is -2.31. The van der Waals surface area contributed by atoms with Gasteiger partial charge < -0.3 is 10.1 Å². The van der Waals surface area contributed by atoms with Crippen molar-refractivity contribution in [1.82, 2.24) is 5.32 Å². The summed E-state index contributed by atoms with van der Waals surface area (Å²) in [7, 11) is 1.14. The normalized spacial score (nSPS) is 15.6. The molecule has 27 heavy (non-hydrogen) atoms. The Hall–Kier alpha value is -2.94. The first-order chi connectivity index (χ1) is 12.9. The molecule has 140 valence electrons. The van der Waals surface area contributed by atoms with Crippen LogP contribution in [0.15, 0.2) is 41.3 Å². The summed E-state index contributed by atoms with van der Waals surface area (Å²) < 4.78 is 18.2. The van der Waals surface area contributed by atoms with Gasteiger partial charge in [-0.05, 0) is 36.2 Å². The number of rotatable bonds is 4. The molecule has 0 fully saturated rings. The number of methoxy groups -OCH3 is 1. The van der Waals surface area contributed by atoms with Crippen molar-refractivity contribution in [3.63, 3.8) is 0 Å². The first-order valence-electron chi connectivity index (χ1n) is 8.00. The van der Waals surface area contributed by atoms with E-state index in [1.807, 2.05) is 0 Å². The number of nitro benzene ring substituents is 1. The van der Waals surface area contributed by atoms with Crippen LogP contribution in [0.4, 0.5) is 10.1 Å². The average Bonchev–Trinajstić information content (AvgIpc) is 2.67. The molecule has 0 radical (unpaired) electrons. The maximum absolute atomic E-state index is 13.6. The minimum Gasteiger partial charge on any atom is -0.465 e. The van der Waals surface area contributed by atoms with Crippen molar-refractivity contribution in [3.8, 4) is 0 Å². The predicted molar refractivity (Wildman–Crippen MR) is 96.4 cm³/mol. The Labute approximate surface area is 158 Å². The first kappa shape index (κ1) is 18.8. The van der Waals surface area contributed by atoms with Crippen molar-refractivity contribution in [2.75, 3.05) is 12.9 Å². The van der Waals surface area contributed by atoms with Crippen molar-refractivity contribution in [2.45, 2.75) is 17.4 Å². The van der Waals surface area contributed by atoms with Crippen molar-refractivity contribution < 1.29 is 23.6 Å². The smallest absolute Gasteiger partial charge is 0.338 e. The van der Waals surface area contributed by atoms with Gasteiger partial charge in [0.1, 0.15) is 5.82 Å². The second-order valence-electron chi connectivity index (χ2n) is 5.86. The Morgan fingerprint density at radius 1 is 1.26 bits per heavy atom. The molecule has 0 saturated carbocycles. The van der Waals surface area contributed by atoms with Gasteiger partial charge in [-0.25, -0.2) is 9.18 Å². The number of esters is 1. The van der Waals surface area contributed by atoms with E-state index in [-0.39, 0.29) is 11.1 Å². The molecule has 0 saturated heterocycles. The molecular formula is C18H15FN2O5S. The molecule has 0 bridgehead atoms. The minimum atomic E-state index is -0.783. The lowest BCUT2D eigenvalue weighted by molar-refractivity contribution is -0.384. The highest BCUT2D eigenvalue weighted by Gasteiger charge is 2.25. The average molecular weight is 390 g/mol. The summed E-state index contributed by atoms with van der Waals surface area (Å²) >= 11 is 1.57. The second kappa shape index (κ2) is 7.75. The maximum Gasteiger partial charge on any atom is 0.338 e. The molecule has 1 amide bonds. The Bertz CT molecular complexity index is 934. The molecule has 1 N–H and O–H groups in total. The number of carbonyl (C=O) groups is 2. The van der Waals surface area contributed by atoms with Crippen molar-refractivity contribution in [2.24, 2.45) is 0 Å². The Balaban J connectivity index is 1.91. The molecule has 9 heteroatoms. The number of hydrogen-bond acceptors (Lipinski definition) is 6. The monoisotopic (exact) mass is 390 g/mol. The van der Waals surface area contributed by atoms with Crippen LogP contribution in [-0.2, 0) is 4.74 Å². The summed E-state index contributed by atoms with van der Waals surface area (Å²) in [6.45, 7) is 0. The van der Waals surface area contributed by atoms with E-state index < -0.39 is 34.3 Å². The van der Waals surface area contributed by atoms with Gasteiger partial charge in [-0.2, -0.15) is 0 Å². The highest BCUT2D eigenvalue weighted by molar-refractivity contribution is 7.99. The molecule has 2 aromatic carbocycles. The van der Waals surface area contributed by atoms with Crippen LogP contribution in [0, 0.1) is 15.9 Å². The van der Waals surface area contributed by atoms with Crippen LogP contribution < -0.4 is 5.32 Å². The van der Waals surface area contributed by atoms with Crippen molar-refractivity contribution in [1.29, 1.82) is 0 Å². The number of non-ortho nitro benzene ring substituents is 1. The molecule has 0 unspecified atom stereocenters. The number of fused-ring (bicyclic) bond motifs is 1. The van der Waals surface area contributed by atoms with Gasteiger partial charge in [0.15, 0.2) is 0 Å². The summed E-state index contributed by atoms with van der Waals surface area (Å²) in [4.78, 5) is 35.7. The topological polar surface area (TPSA) is 98.5 Å². The van der Waals surface area contributed by atoms with E-state index in [2.05, 4.69) is 10.1 Å². The van der Waals surface area contributed by atoms with Gasteiger partial charge >= 0.3 is 5.97 Å². The Kier molecular flexibility index (Phi) is 5.41. The van der Waals surface area contributed by atoms with E-state index in [0.717, 1.165) is 29.9 Å². The largest absolute Gasteiger partial charge is 0.465 e. The lowest BCUT2D eigenvalue weighted by atomic mass is 10.0. The van der Waals surface area contributed by atoms with Gasteiger partial charge in [-0.3, -0.25) is 14.9 Å². The number of ether oxygens (including phenoxy) is 1. The third kappa shape index (κ3) is 4.08. The highest BCUT2D eigenvalue weighted by atomic mass is 32.2. The summed E-state index contributed by atoms with van der Waals surface area (Å²) in [6.07, 6.45) is 0.589. The number of nitrogens with zero attached hydrogens (tertiary/aromatic N) is 1. The number of halogens is 1. The summed E-state index contributed by atoms with van der Waals surface area (Å²) in [6, 6.07) is 7.34. The highest BCUT2D eigenvalue weighted by Crippen LogP contribution is 2.36. The summed E-state index contributed by atoms with van der Waals surface area (Å²) in [5.41, 5.74) is 0.134. The number of carbonyl (C=O) groups excluding carboxylic acids is 2. The molecule has 7 nitrogen and oxygen atoms in total. The molecule has 1 heterocycles. The quantitative estimate of drug-likeness (QED) is 0.487. The molecule has 0 spiro atoms. The zero-order valence-corrected chi connectivity index (χ0v) is 15.0. The third-order valence-electron chi connectivity index (χ3n) is 4.13. The van der Waals surface area contributed by atoms with Crippen molar-refractivity contribution in [3.05, 3.63) is 69.0 Å². The van der Waals surface area contributed by atoms with Gasteiger partial charge in [0.25, 0.3) is 11.6 Å². The van der Waals surface area contributed by atoms with Gasteiger partial charge in [0.05, 0.1) is 23.6 Å². The summed E-state index contributed by atoms with van der Waals surface area (Å²) in [5, 5.41) is 13.9. The molecule has 1 atom stereocenters. The van der Waals surface area contributed by atoms with E-state index in [9.17, 15) is 24.1 Å². The van der Waals surface area contributed by atoms with E-state index in [1.165, 1.54) is 18.2 Å². The van der Waals surface area contributed by atoms with E-state index in [1.54, 1.807) is 17.8 Å². The van der Waals surface area contributed by atoms with Gasteiger partial charge in [0, 0.05) is 28.3 Å². The van der Waals surface area contributed by atoms with Crippen LogP contribution in [0.2, 0.25) is 0 Å². The van der Waals surface area contributed by atoms with E-state index in [0.29, 0.717) is 12.0 Å². The number of hydrogen-bond donors (Lipinski definition) is 1. The van der Waals surface area contributed by atoms with Gasteiger partial charge in [0.2, 0.25) is 0 Å². The SMILES string of the molecule is COC(=O)c1cc(C(=O)N[C@H]2CCSc3ccc(F)cc32)cc([N+](=O)[O-])c1. The lowest BCUT2D eigenvalue weighted by Gasteiger charge is -2.26. The van der Waals surface area contributed by atoms with Crippen molar-refractivity contribution >= 4 is 29.3 Å².